The van der Waals surface area contributed by atoms with Crippen LogP contribution in [0, 0.1) is 12.3 Å². The summed E-state index contributed by atoms with van der Waals surface area (Å²) in [6.07, 6.45) is 0. The van der Waals surface area contributed by atoms with Crippen molar-refractivity contribution in [1.82, 2.24) is 9.78 Å². The van der Waals surface area contributed by atoms with E-state index >= 15 is 0 Å². The molecular formula is C11H18N4O3. The molecule has 7 nitrogen and oxygen atoms in total. The van der Waals surface area contributed by atoms with Gasteiger partial charge in [0.1, 0.15) is 11.4 Å². The second-order valence-electron chi connectivity index (χ2n) is 4.84. The quantitative estimate of drug-likeness (QED) is 0.702. The Kier molecular flexibility index (Phi) is 3.64. The van der Waals surface area contributed by atoms with Gasteiger partial charge in [0, 0.05) is 13.6 Å². The number of hydrogen-bond donors (Lipinski definition) is 3. The zero-order valence-corrected chi connectivity index (χ0v) is 10.9. The van der Waals surface area contributed by atoms with E-state index in [1.807, 2.05) is 0 Å². The molecule has 0 spiro atoms. The minimum atomic E-state index is -0.951. The van der Waals surface area contributed by atoms with Crippen molar-refractivity contribution in [3.05, 3.63) is 11.3 Å². The number of hydrogen-bond acceptors (Lipinski definition) is 4. The van der Waals surface area contributed by atoms with Crippen molar-refractivity contribution in [2.75, 3.05) is 11.9 Å². The summed E-state index contributed by atoms with van der Waals surface area (Å²) >= 11 is 0. The lowest BCUT2D eigenvalue weighted by atomic mass is 9.94. The zero-order chi connectivity index (χ0) is 14.1. The van der Waals surface area contributed by atoms with Crippen LogP contribution in [0.5, 0.6) is 0 Å². The van der Waals surface area contributed by atoms with Crippen molar-refractivity contribution >= 4 is 17.7 Å². The van der Waals surface area contributed by atoms with Crippen LogP contribution in [-0.2, 0) is 11.8 Å². The molecule has 1 rings (SSSR count). The smallest absolute Gasteiger partial charge is 0.310 e. The van der Waals surface area contributed by atoms with Crippen LogP contribution in [0.15, 0.2) is 0 Å². The Morgan fingerprint density at radius 1 is 1.50 bits per heavy atom. The van der Waals surface area contributed by atoms with E-state index in [-0.39, 0.29) is 6.54 Å². The highest BCUT2D eigenvalue weighted by atomic mass is 16.4. The number of anilines is 1. The van der Waals surface area contributed by atoms with Gasteiger partial charge in [0.2, 0.25) is 0 Å². The number of nitrogens with zero attached hydrogens (tertiary/aromatic N) is 2. The molecule has 1 aromatic heterocycles. The summed E-state index contributed by atoms with van der Waals surface area (Å²) in [5.41, 5.74) is 5.13. The van der Waals surface area contributed by atoms with Crippen molar-refractivity contribution in [2.24, 2.45) is 18.2 Å². The largest absolute Gasteiger partial charge is 0.481 e. The molecule has 0 atom stereocenters. The van der Waals surface area contributed by atoms with Gasteiger partial charge in [-0.05, 0) is 20.8 Å². The van der Waals surface area contributed by atoms with Gasteiger partial charge in [-0.1, -0.05) is 0 Å². The van der Waals surface area contributed by atoms with Crippen molar-refractivity contribution < 1.29 is 14.7 Å². The van der Waals surface area contributed by atoms with E-state index < -0.39 is 17.3 Å². The maximum atomic E-state index is 11.3. The molecule has 4 N–H and O–H groups in total. The van der Waals surface area contributed by atoms with Gasteiger partial charge >= 0.3 is 5.97 Å². The van der Waals surface area contributed by atoms with E-state index in [4.69, 9.17) is 10.8 Å². The van der Waals surface area contributed by atoms with Crippen LogP contribution >= 0.6 is 0 Å². The number of nitrogens with two attached hydrogens (primary N) is 1. The van der Waals surface area contributed by atoms with Crippen LogP contribution in [0.25, 0.3) is 0 Å². The highest BCUT2D eigenvalue weighted by Crippen LogP contribution is 2.21. The summed E-state index contributed by atoms with van der Waals surface area (Å²) in [6.45, 7) is 5.03. The van der Waals surface area contributed by atoms with Gasteiger partial charge in [0.15, 0.2) is 0 Å². The van der Waals surface area contributed by atoms with Crippen LogP contribution in [0.4, 0.5) is 5.82 Å². The van der Waals surface area contributed by atoms with Gasteiger partial charge in [-0.3, -0.25) is 14.3 Å². The predicted octanol–water partition coefficient (Wildman–Crippen LogP) is 0.350. The molecule has 1 amide bonds. The normalized spacial score (nSPS) is 11.3. The first-order valence-corrected chi connectivity index (χ1v) is 5.47. The van der Waals surface area contributed by atoms with E-state index in [0.29, 0.717) is 17.1 Å². The second-order valence-corrected chi connectivity index (χ2v) is 4.84. The molecule has 0 saturated heterocycles. The average molecular weight is 254 g/mol. The van der Waals surface area contributed by atoms with Crippen molar-refractivity contribution in [3.63, 3.8) is 0 Å². The number of primary amides is 1. The number of carboxylic acids is 1. The highest BCUT2D eigenvalue weighted by molar-refractivity contribution is 5.99. The summed E-state index contributed by atoms with van der Waals surface area (Å²) in [7, 11) is 1.66. The number of carbonyl (C=O) groups is 2. The molecule has 0 fully saturated rings. The third kappa shape index (κ3) is 2.61. The number of amides is 1. The number of nitrogens with one attached hydrogen (secondary N) is 1. The maximum absolute atomic E-state index is 11.3. The van der Waals surface area contributed by atoms with Crippen molar-refractivity contribution in [1.29, 1.82) is 0 Å². The third-order valence-corrected chi connectivity index (χ3v) is 2.75. The van der Waals surface area contributed by atoms with Crippen molar-refractivity contribution in [2.45, 2.75) is 20.8 Å². The van der Waals surface area contributed by atoms with E-state index in [1.165, 1.54) is 4.68 Å². The summed E-state index contributed by atoms with van der Waals surface area (Å²) in [5, 5.41) is 16.0. The molecule has 0 aliphatic rings. The molecule has 18 heavy (non-hydrogen) atoms. The molecule has 0 aromatic carbocycles. The molecule has 7 heteroatoms. The van der Waals surface area contributed by atoms with Gasteiger partial charge in [0.05, 0.1) is 11.1 Å². The first kappa shape index (κ1) is 14.0. The van der Waals surface area contributed by atoms with Gasteiger partial charge in [-0.2, -0.15) is 5.10 Å². The van der Waals surface area contributed by atoms with Gasteiger partial charge in [0.25, 0.3) is 5.91 Å². The van der Waals surface area contributed by atoms with Crippen molar-refractivity contribution in [3.8, 4) is 0 Å². The molecule has 0 aliphatic heterocycles. The summed E-state index contributed by atoms with van der Waals surface area (Å²) < 4.78 is 1.48. The molecule has 0 radical (unpaired) electrons. The minimum absolute atomic E-state index is 0.168. The minimum Gasteiger partial charge on any atom is -0.481 e. The molecule has 0 unspecified atom stereocenters. The lowest BCUT2D eigenvalue weighted by molar-refractivity contribution is -0.146. The fraction of sp³-hybridized carbons (Fsp3) is 0.545. The highest BCUT2D eigenvalue weighted by Gasteiger charge is 2.28. The van der Waals surface area contributed by atoms with Gasteiger partial charge < -0.3 is 16.2 Å². The van der Waals surface area contributed by atoms with E-state index in [2.05, 4.69) is 10.4 Å². The molecule has 1 aromatic rings. The Labute approximate surface area is 105 Å². The van der Waals surface area contributed by atoms with Gasteiger partial charge in [-0.15, -0.1) is 0 Å². The van der Waals surface area contributed by atoms with Crippen LogP contribution in [0.3, 0.4) is 0 Å². The lowest BCUT2D eigenvalue weighted by Crippen LogP contribution is -2.32. The first-order chi connectivity index (χ1) is 8.16. The fourth-order valence-electron chi connectivity index (χ4n) is 1.54. The number of aryl methyl sites for hydroxylation is 2. The number of rotatable bonds is 5. The molecule has 0 aliphatic carbocycles. The first-order valence-electron chi connectivity index (χ1n) is 5.47. The molecule has 1 heterocycles. The van der Waals surface area contributed by atoms with E-state index in [0.717, 1.165) is 0 Å². The molecular weight excluding hydrogens is 236 g/mol. The van der Waals surface area contributed by atoms with Crippen LogP contribution in [0.1, 0.15) is 29.9 Å². The molecule has 100 valence electrons. The standard InChI is InChI=1S/C11H18N4O3/c1-6-7(8(12)16)9(15(4)14-6)13-5-11(2,3)10(17)18/h13H,5H2,1-4H3,(H2,12,16)(H,17,18). The monoisotopic (exact) mass is 254 g/mol. The topological polar surface area (TPSA) is 110 Å². The Bertz CT molecular complexity index is 491. The summed E-state index contributed by atoms with van der Waals surface area (Å²) in [6, 6.07) is 0. The summed E-state index contributed by atoms with van der Waals surface area (Å²) in [4.78, 5) is 22.3. The Hall–Kier alpha value is -2.05. The van der Waals surface area contributed by atoms with E-state index in [1.54, 1.807) is 27.8 Å². The van der Waals surface area contributed by atoms with E-state index in [9.17, 15) is 9.59 Å². The number of aliphatic carboxylic acids is 1. The van der Waals surface area contributed by atoms with Crippen LogP contribution in [-0.4, -0.2) is 33.3 Å². The number of aromatic nitrogens is 2. The Balaban J connectivity index is 2.99. The SMILES string of the molecule is Cc1nn(C)c(NCC(C)(C)C(=O)O)c1C(N)=O. The number of carboxylic acid groups (broad SMARTS) is 1. The Morgan fingerprint density at radius 2 is 2.06 bits per heavy atom. The summed E-state index contributed by atoms with van der Waals surface area (Å²) in [5.74, 6) is -1.07. The predicted molar refractivity (Wildman–Crippen MR) is 66.4 cm³/mol. The second kappa shape index (κ2) is 4.67. The Morgan fingerprint density at radius 3 is 2.50 bits per heavy atom. The average Bonchev–Trinajstić information content (AvgIpc) is 2.50. The van der Waals surface area contributed by atoms with Gasteiger partial charge in [-0.25, -0.2) is 0 Å². The zero-order valence-electron chi connectivity index (χ0n) is 10.9. The third-order valence-electron chi connectivity index (χ3n) is 2.75. The molecule has 0 bridgehead atoms. The number of carbonyl (C=O) groups excluding carboxylic acids is 1. The molecule has 0 saturated carbocycles. The lowest BCUT2D eigenvalue weighted by Gasteiger charge is -2.20. The fourth-order valence-corrected chi connectivity index (χ4v) is 1.54. The van der Waals surface area contributed by atoms with Crippen LogP contribution in [0.2, 0.25) is 0 Å². The maximum Gasteiger partial charge on any atom is 0.310 e. The van der Waals surface area contributed by atoms with Crippen LogP contribution < -0.4 is 11.1 Å².